The first-order chi connectivity index (χ1) is 6.43. The van der Waals surface area contributed by atoms with Gasteiger partial charge in [-0.05, 0) is 25.7 Å². The van der Waals surface area contributed by atoms with Crippen LogP contribution in [0.5, 0.6) is 0 Å². The monoisotopic (exact) mass is 184 g/mol. The minimum Gasteiger partial charge on any atom is -0.379 e. The van der Waals surface area contributed by atoms with Gasteiger partial charge in [-0.25, -0.2) is 0 Å². The summed E-state index contributed by atoms with van der Waals surface area (Å²) < 4.78 is 11.1. The zero-order valence-electron chi connectivity index (χ0n) is 8.50. The topological polar surface area (TPSA) is 18.5 Å². The molecule has 1 rings (SSSR count). The van der Waals surface area contributed by atoms with Gasteiger partial charge in [0, 0.05) is 6.61 Å². The summed E-state index contributed by atoms with van der Waals surface area (Å²) in [6.45, 7) is 4.59. The van der Waals surface area contributed by atoms with E-state index in [4.69, 9.17) is 9.47 Å². The average Bonchev–Trinajstić information content (AvgIpc) is 2.08. The molecule has 0 N–H and O–H groups in total. The Kier molecular flexibility index (Phi) is 5.87. The molecule has 0 bridgehead atoms. The van der Waals surface area contributed by atoms with Crippen molar-refractivity contribution in [2.24, 2.45) is 0 Å². The summed E-state index contributed by atoms with van der Waals surface area (Å²) in [5, 5.41) is 0. The van der Waals surface area contributed by atoms with Gasteiger partial charge in [0.05, 0.1) is 19.3 Å². The molecule has 0 aromatic heterocycles. The molecule has 0 saturated carbocycles. The molecule has 2 heteroatoms. The molecule has 1 atom stereocenters. The lowest BCUT2D eigenvalue weighted by Crippen LogP contribution is -2.21. The van der Waals surface area contributed by atoms with Gasteiger partial charge in [0.1, 0.15) is 0 Å². The molecule has 2 nitrogen and oxygen atoms in total. The lowest BCUT2D eigenvalue weighted by atomic mass is 10.1. The highest BCUT2D eigenvalue weighted by molar-refractivity contribution is 4.84. The summed E-state index contributed by atoms with van der Waals surface area (Å²) in [5.74, 6) is 0. The number of rotatable bonds is 4. The van der Waals surface area contributed by atoms with Gasteiger partial charge in [-0.2, -0.15) is 0 Å². The van der Waals surface area contributed by atoms with Gasteiger partial charge in [-0.1, -0.05) is 19.1 Å². The average molecular weight is 184 g/mol. The van der Waals surface area contributed by atoms with Crippen LogP contribution in [0.3, 0.4) is 0 Å². The van der Waals surface area contributed by atoms with E-state index in [9.17, 15) is 0 Å². The maximum Gasteiger partial charge on any atom is 0.0811 e. The Morgan fingerprint density at radius 3 is 3.08 bits per heavy atom. The second-order valence-electron chi connectivity index (χ2n) is 3.41. The van der Waals surface area contributed by atoms with Crippen LogP contribution in [-0.4, -0.2) is 25.9 Å². The highest BCUT2D eigenvalue weighted by Crippen LogP contribution is 2.08. The first-order valence-corrected chi connectivity index (χ1v) is 5.28. The van der Waals surface area contributed by atoms with Crippen molar-refractivity contribution in [3.63, 3.8) is 0 Å². The molecule has 1 aliphatic heterocycles. The summed E-state index contributed by atoms with van der Waals surface area (Å²) in [7, 11) is 0. The minimum absolute atomic E-state index is 0.316. The molecule has 0 saturated heterocycles. The summed E-state index contributed by atoms with van der Waals surface area (Å²) in [4.78, 5) is 0. The van der Waals surface area contributed by atoms with Crippen molar-refractivity contribution in [2.45, 2.75) is 38.7 Å². The molecule has 13 heavy (non-hydrogen) atoms. The van der Waals surface area contributed by atoms with Gasteiger partial charge in [0.15, 0.2) is 0 Å². The smallest absolute Gasteiger partial charge is 0.0811 e. The maximum absolute atomic E-state index is 5.65. The van der Waals surface area contributed by atoms with Crippen molar-refractivity contribution in [2.75, 3.05) is 19.8 Å². The van der Waals surface area contributed by atoms with Crippen molar-refractivity contribution in [3.8, 4) is 0 Å². The van der Waals surface area contributed by atoms with Crippen LogP contribution in [0.2, 0.25) is 0 Å². The second-order valence-corrected chi connectivity index (χ2v) is 3.41. The second kappa shape index (κ2) is 7.10. The summed E-state index contributed by atoms with van der Waals surface area (Å²) in [5.41, 5.74) is 0. The largest absolute Gasteiger partial charge is 0.379 e. The van der Waals surface area contributed by atoms with E-state index in [-0.39, 0.29) is 0 Å². The highest BCUT2D eigenvalue weighted by atomic mass is 16.5. The predicted octanol–water partition coefficient (Wildman–Crippen LogP) is 2.54. The number of allylic oxidation sites excluding steroid dienone is 1. The Hall–Kier alpha value is -0.340. The van der Waals surface area contributed by atoms with Crippen LogP contribution in [0.4, 0.5) is 0 Å². The van der Waals surface area contributed by atoms with Crippen LogP contribution in [0, 0.1) is 0 Å². The van der Waals surface area contributed by atoms with Gasteiger partial charge in [0.25, 0.3) is 0 Å². The van der Waals surface area contributed by atoms with Crippen molar-refractivity contribution in [3.05, 3.63) is 12.2 Å². The fourth-order valence-corrected chi connectivity index (χ4v) is 1.39. The van der Waals surface area contributed by atoms with E-state index in [2.05, 4.69) is 19.1 Å². The van der Waals surface area contributed by atoms with E-state index < -0.39 is 0 Å². The van der Waals surface area contributed by atoms with Gasteiger partial charge in [0.2, 0.25) is 0 Å². The van der Waals surface area contributed by atoms with Crippen LogP contribution in [0.1, 0.15) is 32.6 Å². The van der Waals surface area contributed by atoms with Crippen molar-refractivity contribution in [1.29, 1.82) is 0 Å². The highest BCUT2D eigenvalue weighted by Gasteiger charge is 2.09. The van der Waals surface area contributed by atoms with E-state index in [1.807, 2.05) is 0 Å². The van der Waals surface area contributed by atoms with Gasteiger partial charge in [-0.3, -0.25) is 0 Å². The first-order valence-electron chi connectivity index (χ1n) is 5.28. The number of ether oxygens (including phenoxy) is 2. The van der Waals surface area contributed by atoms with Crippen LogP contribution in [0.15, 0.2) is 12.2 Å². The van der Waals surface area contributed by atoms with E-state index in [0.29, 0.717) is 6.10 Å². The third-order valence-electron chi connectivity index (χ3n) is 2.11. The van der Waals surface area contributed by atoms with Crippen LogP contribution < -0.4 is 0 Å². The first kappa shape index (κ1) is 10.7. The molecule has 0 radical (unpaired) electrons. The molecule has 0 spiro atoms. The number of hydrogen-bond donors (Lipinski definition) is 0. The Labute approximate surface area is 80.9 Å². The number of hydrogen-bond acceptors (Lipinski definition) is 2. The zero-order valence-corrected chi connectivity index (χ0v) is 8.50. The van der Waals surface area contributed by atoms with Gasteiger partial charge in [-0.15, -0.1) is 0 Å². The lowest BCUT2D eigenvalue weighted by Gasteiger charge is -2.18. The third-order valence-corrected chi connectivity index (χ3v) is 2.11. The SMILES string of the molecule is CCCOCC1CC/C=C/CCO1. The van der Waals surface area contributed by atoms with E-state index in [0.717, 1.165) is 45.5 Å². The summed E-state index contributed by atoms with van der Waals surface area (Å²) in [6.07, 6.45) is 9.12. The van der Waals surface area contributed by atoms with E-state index >= 15 is 0 Å². The summed E-state index contributed by atoms with van der Waals surface area (Å²) in [6, 6.07) is 0. The minimum atomic E-state index is 0.316. The lowest BCUT2D eigenvalue weighted by molar-refractivity contribution is -0.0193. The Morgan fingerprint density at radius 2 is 2.23 bits per heavy atom. The van der Waals surface area contributed by atoms with E-state index in [1.54, 1.807) is 0 Å². The predicted molar refractivity (Wildman–Crippen MR) is 53.8 cm³/mol. The van der Waals surface area contributed by atoms with Crippen molar-refractivity contribution < 1.29 is 9.47 Å². The van der Waals surface area contributed by atoms with Crippen molar-refractivity contribution in [1.82, 2.24) is 0 Å². The molecule has 0 fully saturated rings. The molecule has 0 aliphatic carbocycles. The molecule has 0 amide bonds. The molecule has 1 heterocycles. The van der Waals surface area contributed by atoms with Crippen molar-refractivity contribution >= 4 is 0 Å². The fourth-order valence-electron chi connectivity index (χ4n) is 1.39. The van der Waals surface area contributed by atoms with Crippen LogP contribution in [0.25, 0.3) is 0 Å². The summed E-state index contributed by atoms with van der Waals surface area (Å²) >= 11 is 0. The Bertz CT molecular complexity index is 143. The molecule has 76 valence electrons. The Balaban J connectivity index is 2.12. The van der Waals surface area contributed by atoms with Crippen LogP contribution in [-0.2, 0) is 9.47 Å². The maximum atomic E-state index is 5.65. The molecular formula is C11H20O2. The fraction of sp³-hybridized carbons (Fsp3) is 0.818. The molecule has 1 unspecified atom stereocenters. The quantitative estimate of drug-likeness (QED) is 0.494. The zero-order chi connectivity index (χ0) is 9.36. The standard InChI is InChI=1S/C11H20O2/c1-2-8-12-10-11-7-5-3-4-6-9-13-11/h3-4,11H,2,5-10H2,1H3/b4-3+. The normalized spacial score (nSPS) is 26.4. The Morgan fingerprint density at radius 1 is 1.38 bits per heavy atom. The van der Waals surface area contributed by atoms with Gasteiger partial charge >= 0.3 is 0 Å². The molecule has 1 aliphatic rings. The molecule has 0 aromatic carbocycles. The third kappa shape index (κ3) is 5.06. The van der Waals surface area contributed by atoms with Gasteiger partial charge < -0.3 is 9.47 Å². The van der Waals surface area contributed by atoms with Crippen LogP contribution >= 0.6 is 0 Å². The molecular weight excluding hydrogens is 164 g/mol. The molecule has 0 aromatic rings. The van der Waals surface area contributed by atoms with E-state index in [1.165, 1.54) is 0 Å².